The predicted molar refractivity (Wildman–Crippen MR) is 73.7 cm³/mol. The summed E-state index contributed by atoms with van der Waals surface area (Å²) in [5.74, 6) is 0.557. The van der Waals surface area contributed by atoms with Crippen molar-refractivity contribution in [2.75, 3.05) is 6.54 Å². The largest absolute Gasteiger partial charge is 0.348 e. The van der Waals surface area contributed by atoms with Crippen LogP contribution in [0.3, 0.4) is 0 Å². The highest BCUT2D eigenvalue weighted by Gasteiger charge is 2.20. The van der Waals surface area contributed by atoms with E-state index in [1.54, 1.807) is 11.3 Å². The minimum atomic E-state index is -0.0109. The van der Waals surface area contributed by atoms with Gasteiger partial charge in [-0.1, -0.05) is 20.3 Å². The number of hydrogen-bond acceptors (Lipinski definition) is 4. The lowest BCUT2D eigenvalue weighted by Gasteiger charge is -2.22. The summed E-state index contributed by atoms with van der Waals surface area (Å²) in [5, 5.41) is 9.28. The van der Waals surface area contributed by atoms with Crippen LogP contribution in [0.15, 0.2) is 5.38 Å². The van der Waals surface area contributed by atoms with Crippen molar-refractivity contribution in [3.05, 3.63) is 16.1 Å². The fraction of sp³-hybridized carbons (Fsp3) is 0.692. The van der Waals surface area contributed by atoms with E-state index in [-0.39, 0.29) is 11.9 Å². The molecule has 1 aliphatic heterocycles. The molecule has 0 aromatic carbocycles. The number of carbonyl (C=O) groups is 1. The topological polar surface area (TPSA) is 54.0 Å². The van der Waals surface area contributed by atoms with Crippen molar-refractivity contribution in [1.82, 2.24) is 15.6 Å². The number of nitrogens with one attached hydrogen (secondary N) is 2. The van der Waals surface area contributed by atoms with Gasteiger partial charge < -0.3 is 10.6 Å². The van der Waals surface area contributed by atoms with Crippen LogP contribution in [0.25, 0.3) is 0 Å². The Labute approximate surface area is 112 Å². The van der Waals surface area contributed by atoms with Gasteiger partial charge in [-0.3, -0.25) is 4.79 Å². The Hall–Kier alpha value is -0.940. The summed E-state index contributed by atoms with van der Waals surface area (Å²) in [6.07, 6.45) is 3.26. The van der Waals surface area contributed by atoms with E-state index in [1.807, 2.05) is 0 Å². The molecule has 0 saturated carbocycles. The van der Waals surface area contributed by atoms with Crippen LogP contribution in [-0.2, 0) is 11.3 Å². The number of carbonyl (C=O) groups excluding carboxylic acids is 1. The van der Waals surface area contributed by atoms with Crippen molar-refractivity contribution in [3.63, 3.8) is 0 Å². The smallest absolute Gasteiger partial charge is 0.237 e. The second-order valence-corrected chi connectivity index (χ2v) is 5.98. The average Bonchev–Trinajstić information content (AvgIpc) is 2.86. The number of aromatic nitrogens is 1. The Morgan fingerprint density at radius 3 is 3.06 bits per heavy atom. The molecule has 0 aliphatic carbocycles. The van der Waals surface area contributed by atoms with Crippen molar-refractivity contribution in [2.24, 2.45) is 0 Å². The van der Waals surface area contributed by atoms with E-state index in [0.29, 0.717) is 12.5 Å². The van der Waals surface area contributed by atoms with E-state index < -0.39 is 0 Å². The predicted octanol–water partition coefficient (Wildman–Crippen LogP) is 2.02. The fourth-order valence-electron chi connectivity index (χ4n) is 2.03. The molecular formula is C13H21N3OS. The Morgan fingerprint density at radius 2 is 2.44 bits per heavy atom. The lowest BCUT2D eigenvalue weighted by Crippen LogP contribution is -2.46. The number of hydrogen-bond donors (Lipinski definition) is 2. The number of amides is 1. The van der Waals surface area contributed by atoms with E-state index in [2.05, 4.69) is 34.8 Å². The van der Waals surface area contributed by atoms with E-state index in [4.69, 9.17) is 0 Å². The lowest BCUT2D eigenvalue weighted by molar-refractivity contribution is -0.123. The van der Waals surface area contributed by atoms with Crippen LogP contribution in [0.4, 0.5) is 0 Å². The summed E-state index contributed by atoms with van der Waals surface area (Å²) in [4.78, 5) is 16.4. The first-order valence-electron chi connectivity index (χ1n) is 6.62. The van der Waals surface area contributed by atoms with Gasteiger partial charge in [-0.05, 0) is 25.3 Å². The van der Waals surface area contributed by atoms with Gasteiger partial charge in [-0.2, -0.15) is 0 Å². The Bertz CT molecular complexity index is 397. The number of thiazole rings is 1. The second-order valence-electron chi connectivity index (χ2n) is 5.04. The van der Waals surface area contributed by atoms with E-state index >= 15 is 0 Å². The molecule has 1 atom stereocenters. The van der Waals surface area contributed by atoms with E-state index in [0.717, 1.165) is 30.1 Å². The van der Waals surface area contributed by atoms with Crippen molar-refractivity contribution in [1.29, 1.82) is 0 Å². The highest BCUT2D eigenvalue weighted by Crippen LogP contribution is 2.17. The molecule has 1 fully saturated rings. The quantitative estimate of drug-likeness (QED) is 0.877. The summed E-state index contributed by atoms with van der Waals surface area (Å²) in [6, 6.07) is -0.0109. The summed E-state index contributed by atoms with van der Waals surface area (Å²) in [6.45, 7) is 5.76. The van der Waals surface area contributed by atoms with Crippen LogP contribution in [0, 0.1) is 0 Å². The summed E-state index contributed by atoms with van der Waals surface area (Å²) in [5.41, 5.74) is 1.11. The molecule has 18 heavy (non-hydrogen) atoms. The molecule has 1 aromatic rings. The zero-order valence-electron chi connectivity index (χ0n) is 11.0. The van der Waals surface area contributed by atoms with Crippen LogP contribution in [-0.4, -0.2) is 23.5 Å². The third-order valence-electron chi connectivity index (χ3n) is 3.20. The van der Waals surface area contributed by atoms with Gasteiger partial charge in [-0.25, -0.2) is 4.98 Å². The van der Waals surface area contributed by atoms with Gasteiger partial charge in [0, 0.05) is 5.38 Å². The summed E-state index contributed by atoms with van der Waals surface area (Å²) >= 11 is 1.62. The van der Waals surface area contributed by atoms with Crippen LogP contribution >= 0.6 is 11.3 Å². The normalized spacial score (nSPS) is 20.1. The minimum Gasteiger partial charge on any atom is -0.348 e. The Kier molecular flexibility index (Phi) is 4.72. The number of piperidine rings is 1. The molecule has 1 saturated heterocycles. The third-order valence-corrected chi connectivity index (χ3v) is 4.07. The molecule has 2 rings (SSSR count). The highest BCUT2D eigenvalue weighted by molar-refractivity contribution is 7.09. The van der Waals surface area contributed by atoms with E-state index in [9.17, 15) is 4.79 Å². The molecule has 1 aromatic heterocycles. The Morgan fingerprint density at radius 1 is 1.61 bits per heavy atom. The average molecular weight is 267 g/mol. The zero-order chi connectivity index (χ0) is 13.0. The van der Waals surface area contributed by atoms with Crippen LogP contribution in [0.5, 0.6) is 0 Å². The first-order valence-corrected chi connectivity index (χ1v) is 7.50. The fourth-order valence-corrected chi connectivity index (χ4v) is 2.93. The van der Waals surface area contributed by atoms with Crippen molar-refractivity contribution < 1.29 is 4.79 Å². The molecule has 2 heterocycles. The maximum atomic E-state index is 11.9. The maximum Gasteiger partial charge on any atom is 0.237 e. The molecule has 0 spiro atoms. The Balaban J connectivity index is 1.81. The standard InChI is InChI=1S/C13H21N3OS/c1-9(2)11-8-18-12(16-11)7-15-13(17)10-5-3-4-6-14-10/h8-10,14H,3-7H2,1-2H3,(H,15,17). The van der Waals surface area contributed by atoms with Gasteiger partial charge in [0.15, 0.2) is 0 Å². The third kappa shape index (κ3) is 3.53. The number of nitrogens with zero attached hydrogens (tertiary/aromatic N) is 1. The van der Waals surface area contributed by atoms with Gasteiger partial charge in [-0.15, -0.1) is 11.3 Å². The summed E-state index contributed by atoms with van der Waals surface area (Å²) < 4.78 is 0. The molecule has 1 unspecified atom stereocenters. The van der Waals surface area contributed by atoms with Gasteiger partial charge in [0.05, 0.1) is 18.3 Å². The maximum absolute atomic E-state index is 11.9. The molecule has 0 radical (unpaired) electrons. The van der Waals surface area contributed by atoms with Crippen LogP contribution in [0.2, 0.25) is 0 Å². The molecule has 4 nitrogen and oxygen atoms in total. The molecular weight excluding hydrogens is 246 g/mol. The van der Waals surface area contributed by atoms with E-state index in [1.165, 1.54) is 6.42 Å². The zero-order valence-corrected chi connectivity index (χ0v) is 11.8. The van der Waals surface area contributed by atoms with Gasteiger partial charge >= 0.3 is 0 Å². The van der Waals surface area contributed by atoms with Gasteiger partial charge in [0.2, 0.25) is 5.91 Å². The van der Waals surface area contributed by atoms with Gasteiger partial charge in [0.25, 0.3) is 0 Å². The minimum absolute atomic E-state index is 0.0109. The molecule has 0 bridgehead atoms. The SMILES string of the molecule is CC(C)c1csc(CNC(=O)C2CCCCN2)n1. The monoisotopic (exact) mass is 267 g/mol. The lowest BCUT2D eigenvalue weighted by atomic mass is 10.0. The van der Waals surface area contributed by atoms with Gasteiger partial charge in [0.1, 0.15) is 5.01 Å². The highest BCUT2D eigenvalue weighted by atomic mass is 32.1. The molecule has 1 aliphatic rings. The summed E-state index contributed by atoms with van der Waals surface area (Å²) in [7, 11) is 0. The molecule has 2 N–H and O–H groups in total. The molecule has 100 valence electrons. The second kappa shape index (κ2) is 6.29. The molecule has 5 heteroatoms. The first kappa shape index (κ1) is 13.5. The van der Waals surface area contributed by atoms with Crippen LogP contribution < -0.4 is 10.6 Å². The van der Waals surface area contributed by atoms with Crippen molar-refractivity contribution in [2.45, 2.75) is 51.6 Å². The van der Waals surface area contributed by atoms with Crippen molar-refractivity contribution in [3.8, 4) is 0 Å². The number of rotatable bonds is 4. The van der Waals surface area contributed by atoms with Crippen molar-refractivity contribution >= 4 is 17.2 Å². The first-order chi connectivity index (χ1) is 8.66. The molecule has 1 amide bonds. The van der Waals surface area contributed by atoms with Crippen LogP contribution in [0.1, 0.15) is 49.7 Å².